The van der Waals surface area contributed by atoms with Crippen LogP contribution in [0, 0.1) is 0 Å². The molecule has 0 aliphatic carbocycles. The van der Waals surface area contributed by atoms with Gasteiger partial charge in [0.15, 0.2) is 0 Å². The second-order valence-electron chi connectivity index (χ2n) is 5.83. The van der Waals surface area contributed by atoms with Gasteiger partial charge in [-0.05, 0) is 25.6 Å². The number of rotatable bonds is 5. The Hall–Kier alpha value is -1.60. The van der Waals surface area contributed by atoms with E-state index in [0.717, 1.165) is 25.9 Å². The second kappa shape index (κ2) is 7.31. The maximum atomic E-state index is 12.8. The molecule has 2 rings (SSSR count). The molecule has 0 aromatic heterocycles. The quantitative estimate of drug-likeness (QED) is 0.803. The van der Waals surface area contributed by atoms with E-state index in [9.17, 15) is 13.2 Å². The summed E-state index contributed by atoms with van der Waals surface area (Å²) in [5, 5.41) is 0. The first kappa shape index (κ1) is 17.7. The van der Waals surface area contributed by atoms with Crippen LogP contribution in [-0.4, -0.2) is 69.1 Å². The Morgan fingerprint density at radius 1 is 1.17 bits per heavy atom. The molecule has 0 saturated carbocycles. The summed E-state index contributed by atoms with van der Waals surface area (Å²) in [6.45, 7) is 7.67. The van der Waals surface area contributed by atoms with Crippen LogP contribution >= 0.6 is 0 Å². The van der Waals surface area contributed by atoms with Gasteiger partial charge < -0.3 is 9.80 Å². The van der Waals surface area contributed by atoms with Crippen LogP contribution in [0.15, 0.2) is 30.3 Å². The summed E-state index contributed by atoms with van der Waals surface area (Å²) >= 11 is 0. The van der Waals surface area contributed by atoms with E-state index in [2.05, 4.69) is 11.8 Å². The van der Waals surface area contributed by atoms with Crippen molar-refractivity contribution in [1.29, 1.82) is 0 Å². The minimum absolute atomic E-state index is 0.143. The molecule has 128 valence electrons. The Balaban J connectivity index is 2.18. The van der Waals surface area contributed by atoms with Gasteiger partial charge in [-0.1, -0.05) is 25.1 Å². The molecular weight excluding hydrogens is 314 g/mol. The lowest BCUT2D eigenvalue weighted by Gasteiger charge is -2.37. The van der Waals surface area contributed by atoms with Gasteiger partial charge in [0.2, 0.25) is 15.9 Å². The molecule has 1 aliphatic rings. The van der Waals surface area contributed by atoms with Gasteiger partial charge in [-0.25, -0.2) is 8.42 Å². The highest BCUT2D eigenvalue weighted by Gasteiger charge is 2.33. The number of benzene rings is 1. The number of carbonyl (C=O) groups is 1. The van der Waals surface area contributed by atoms with Crippen molar-refractivity contribution < 1.29 is 13.2 Å². The van der Waals surface area contributed by atoms with Gasteiger partial charge in [0.25, 0.3) is 0 Å². The van der Waals surface area contributed by atoms with Crippen molar-refractivity contribution in [1.82, 2.24) is 9.80 Å². The van der Waals surface area contributed by atoms with Crippen molar-refractivity contribution in [2.24, 2.45) is 0 Å². The van der Waals surface area contributed by atoms with Crippen LogP contribution in [-0.2, 0) is 14.8 Å². The van der Waals surface area contributed by atoms with Crippen molar-refractivity contribution in [3.05, 3.63) is 30.3 Å². The van der Waals surface area contributed by atoms with Gasteiger partial charge in [0.1, 0.15) is 6.04 Å². The molecule has 0 radical (unpaired) electrons. The van der Waals surface area contributed by atoms with Crippen molar-refractivity contribution in [3.8, 4) is 0 Å². The molecule has 0 spiro atoms. The van der Waals surface area contributed by atoms with E-state index in [1.165, 1.54) is 4.31 Å². The first-order valence-electron chi connectivity index (χ1n) is 7.90. The molecule has 6 nitrogen and oxygen atoms in total. The predicted molar refractivity (Wildman–Crippen MR) is 91.9 cm³/mol. The zero-order chi connectivity index (χ0) is 17.0. The van der Waals surface area contributed by atoms with Crippen LogP contribution in [0.1, 0.15) is 13.8 Å². The number of amides is 1. The lowest BCUT2D eigenvalue weighted by Crippen LogP contribution is -2.55. The fourth-order valence-electron chi connectivity index (χ4n) is 2.93. The smallest absolute Gasteiger partial charge is 0.246 e. The number of likely N-dealkylation sites (N-methyl/N-ethyl adjacent to an activating group) is 1. The third-order valence-corrected chi connectivity index (χ3v) is 5.45. The van der Waals surface area contributed by atoms with Crippen molar-refractivity contribution >= 4 is 21.6 Å². The molecule has 1 aliphatic heterocycles. The maximum Gasteiger partial charge on any atom is 0.246 e. The number of para-hydroxylation sites is 1. The summed E-state index contributed by atoms with van der Waals surface area (Å²) in [5.41, 5.74) is 0.517. The minimum Gasteiger partial charge on any atom is -0.338 e. The molecule has 1 aromatic carbocycles. The van der Waals surface area contributed by atoms with Gasteiger partial charge in [0.05, 0.1) is 11.9 Å². The molecule has 0 unspecified atom stereocenters. The number of carbonyl (C=O) groups excluding carboxylic acids is 1. The third kappa shape index (κ3) is 4.23. The molecular formula is C16H25N3O3S. The topological polar surface area (TPSA) is 60.9 Å². The van der Waals surface area contributed by atoms with E-state index in [0.29, 0.717) is 18.8 Å². The van der Waals surface area contributed by atoms with Gasteiger partial charge in [-0.2, -0.15) is 0 Å². The molecule has 1 atom stereocenters. The lowest BCUT2D eigenvalue weighted by atomic mass is 10.2. The molecule has 1 aromatic rings. The van der Waals surface area contributed by atoms with E-state index in [1.807, 2.05) is 6.07 Å². The van der Waals surface area contributed by atoms with Crippen LogP contribution < -0.4 is 4.31 Å². The molecule has 1 saturated heterocycles. The Bertz CT molecular complexity index is 625. The summed E-state index contributed by atoms with van der Waals surface area (Å²) in [6.07, 6.45) is 1.14. The maximum absolute atomic E-state index is 12.8. The average molecular weight is 339 g/mol. The summed E-state index contributed by atoms with van der Waals surface area (Å²) in [7, 11) is -3.54. The normalized spacial score (nSPS) is 17.8. The van der Waals surface area contributed by atoms with Crippen LogP contribution in [0.4, 0.5) is 5.69 Å². The second-order valence-corrected chi connectivity index (χ2v) is 7.69. The molecule has 0 bridgehead atoms. The number of sulfonamides is 1. The summed E-state index contributed by atoms with van der Waals surface area (Å²) < 4.78 is 25.6. The van der Waals surface area contributed by atoms with E-state index in [4.69, 9.17) is 0 Å². The minimum atomic E-state index is -3.54. The van der Waals surface area contributed by atoms with E-state index < -0.39 is 16.1 Å². The van der Waals surface area contributed by atoms with E-state index in [-0.39, 0.29) is 5.91 Å². The zero-order valence-corrected chi connectivity index (χ0v) is 14.8. The first-order valence-corrected chi connectivity index (χ1v) is 9.75. The fourth-order valence-corrected chi connectivity index (χ4v) is 4.10. The molecule has 1 fully saturated rings. The van der Waals surface area contributed by atoms with Gasteiger partial charge in [-0.3, -0.25) is 9.10 Å². The van der Waals surface area contributed by atoms with Crippen LogP contribution in [0.3, 0.4) is 0 Å². The Labute approximate surface area is 138 Å². The Morgan fingerprint density at radius 2 is 1.74 bits per heavy atom. The Kier molecular flexibility index (Phi) is 5.64. The molecule has 1 amide bonds. The lowest BCUT2D eigenvalue weighted by molar-refractivity contribution is -0.133. The largest absolute Gasteiger partial charge is 0.338 e. The molecule has 1 heterocycles. The van der Waals surface area contributed by atoms with E-state index >= 15 is 0 Å². The van der Waals surface area contributed by atoms with Crippen LogP contribution in [0.5, 0.6) is 0 Å². The standard InChI is InChI=1S/C16H25N3O3S/c1-4-17-10-12-18(13-11-17)16(20)14(2)19(23(3,21)22)15-8-6-5-7-9-15/h5-9,14H,4,10-13H2,1-3H3/t14-/m0/s1. The van der Waals surface area contributed by atoms with Crippen LogP contribution in [0.25, 0.3) is 0 Å². The van der Waals surface area contributed by atoms with Crippen molar-refractivity contribution in [2.75, 3.05) is 43.3 Å². The van der Waals surface area contributed by atoms with Crippen molar-refractivity contribution in [2.45, 2.75) is 19.9 Å². The van der Waals surface area contributed by atoms with Gasteiger partial charge in [0, 0.05) is 26.2 Å². The van der Waals surface area contributed by atoms with Crippen molar-refractivity contribution in [3.63, 3.8) is 0 Å². The number of hydrogen-bond acceptors (Lipinski definition) is 4. The number of piperazine rings is 1. The monoisotopic (exact) mass is 339 g/mol. The number of anilines is 1. The van der Waals surface area contributed by atoms with Crippen LogP contribution in [0.2, 0.25) is 0 Å². The van der Waals surface area contributed by atoms with Gasteiger partial charge >= 0.3 is 0 Å². The zero-order valence-electron chi connectivity index (χ0n) is 14.0. The highest BCUT2D eigenvalue weighted by molar-refractivity contribution is 7.92. The number of nitrogens with zero attached hydrogens (tertiary/aromatic N) is 3. The fraction of sp³-hybridized carbons (Fsp3) is 0.562. The molecule has 0 N–H and O–H groups in total. The average Bonchev–Trinajstić information content (AvgIpc) is 2.54. The highest BCUT2D eigenvalue weighted by atomic mass is 32.2. The highest BCUT2D eigenvalue weighted by Crippen LogP contribution is 2.21. The van der Waals surface area contributed by atoms with E-state index in [1.54, 1.807) is 36.1 Å². The Morgan fingerprint density at radius 3 is 2.22 bits per heavy atom. The summed E-state index contributed by atoms with van der Waals surface area (Å²) in [5.74, 6) is -0.143. The van der Waals surface area contributed by atoms with Gasteiger partial charge in [-0.15, -0.1) is 0 Å². The third-order valence-electron chi connectivity index (χ3n) is 4.21. The molecule has 7 heteroatoms. The first-order chi connectivity index (χ1) is 10.8. The molecule has 23 heavy (non-hydrogen) atoms. The predicted octanol–water partition coefficient (Wildman–Crippen LogP) is 1.01. The summed E-state index contributed by atoms with van der Waals surface area (Å²) in [4.78, 5) is 16.8. The summed E-state index contributed by atoms with van der Waals surface area (Å²) in [6, 6.07) is 8.02. The SMILES string of the molecule is CCN1CCN(C(=O)[C@H](C)N(c2ccccc2)S(C)(=O)=O)CC1. The number of hydrogen-bond donors (Lipinski definition) is 0.